The van der Waals surface area contributed by atoms with Crippen LogP contribution in [-0.4, -0.2) is 32.2 Å². The van der Waals surface area contributed by atoms with Crippen molar-refractivity contribution in [2.45, 2.75) is 13.8 Å². The molecule has 3 N–H and O–H groups in total. The van der Waals surface area contributed by atoms with E-state index < -0.39 is 0 Å². The highest BCUT2D eigenvalue weighted by atomic mass is 16.5. The number of rotatable bonds is 5. The van der Waals surface area contributed by atoms with Crippen molar-refractivity contribution in [1.82, 2.24) is 0 Å². The molecular weight excluding hydrogens is 320 g/mol. The van der Waals surface area contributed by atoms with Gasteiger partial charge in [0.25, 0.3) is 0 Å². The van der Waals surface area contributed by atoms with E-state index in [9.17, 15) is 9.59 Å². The predicted octanol–water partition coefficient (Wildman–Crippen LogP) is 3.35. The topological polar surface area (TPSA) is 90.7 Å². The lowest BCUT2D eigenvalue weighted by atomic mass is 10.2. The van der Waals surface area contributed by atoms with Gasteiger partial charge in [0.1, 0.15) is 0 Å². The van der Waals surface area contributed by atoms with Gasteiger partial charge in [-0.3, -0.25) is 0 Å². The quantitative estimate of drug-likeness (QED) is 0.638. The van der Waals surface area contributed by atoms with Gasteiger partial charge in [0, 0.05) is 18.4 Å². The van der Waals surface area contributed by atoms with E-state index in [4.69, 9.17) is 15.2 Å². The third-order valence-electron chi connectivity index (χ3n) is 3.11. The zero-order valence-corrected chi connectivity index (χ0v) is 14.7. The minimum atomic E-state index is -0.308. The average Bonchev–Trinajstić information content (AvgIpc) is 2.63. The molecule has 0 fully saturated rings. The molecule has 134 valence electrons. The molecule has 0 aliphatic heterocycles. The second-order valence-corrected chi connectivity index (χ2v) is 4.89. The van der Waals surface area contributed by atoms with Crippen molar-refractivity contribution in [2.75, 3.05) is 31.3 Å². The molecule has 25 heavy (non-hydrogen) atoms. The van der Waals surface area contributed by atoms with Gasteiger partial charge in [-0.1, -0.05) is 0 Å². The highest BCUT2D eigenvalue weighted by Gasteiger charge is 2.05. The van der Waals surface area contributed by atoms with Crippen LogP contribution in [0, 0.1) is 0 Å². The number of ether oxygens (including phenoxy) is 2. The Bertz CT molecular complexity index is 667. The van der Waals surface area contributed by atoms with E-state index in [0.717, 1.165) is 5.69 Å². The Balaban J connectivity index is 0.000000251. The van der Waals surface area contributed by atoms with Crippen LogP contribution in [-0.2, 0) is 9.47 Å². The second kappa shape index (κ2) is 10.7. The van der Waals surface area contributed by atoms with Gasteiger partial charge in [-0.15, -0.1) is 0 Å². The first kappa shape index (κ1) is 20.0. The number of hydrogen-bond acceptors (Lipinski definition) is 6. The van der Waals surface area contributed by atoms with Crippen LogP contribution in [0.25, 0.3) is 0 Å². The zero-order chi connectivity index (χ0) is 18.7. The number of carbonyl (C=O) groups excluding carboxylic acids is 2. The van der Waals surface area contributed by atoms with Crippen molar-refractivity contribution in [3.63, 3.8) is 0 Å². The zero-order valence-electron chi connectivity index (χ0n) is 14.7. The van der Waals surface area contributed by atoms with E-state index in [1.165, 1.54) is 0 Å². The van der Waals surface area contributed by atoms with E-state index in [2.05, 4.69) is 5.32 Å². The Morgan fingerprint density at radius 2 is 1.24 bits per heavy atom. The molecule has 0 bridgehead atoms. The molecule has 0 atom stereocenters. The largest absolute Gasteiger partial charge is 0.462 e. The van der Waals surface area contributed by atoms with Crippen LogP contribution in [0.5, 0.6) is 0 Å². The summed E-state index contributed by atoms with van der Waals surface area (Å²) in [5.74, 6) is -0.581. The monoisotopic (exact) mass is 344 g/mol. The summed E-state index contributed by atoms with van der Waals surface area (Å²) < 4.78 is 9.63. The highest BCUT2D eigenvalue weighted by Crippen LogP contribution is 2.09. The summed E-state index contributed by atoms with van der Waals surface area (Å²) in [7, 11) is 1.83. The van der Waals surface area contributed by atoms with E-state index >= 15 is 0 Å². The summed E-state index contributed by atoms with van der Waals surface area (Å²) in [5.41, 5.74) is 8.19. The van der Waals surface area contributed by atoms with Crippen LogP contribution in [0.1, 0.15) is 34.6 Å². The molecule has 0 spiro atoms. The van der Waals surface area contributed by atoms with Crippen LogP contribution in [0.2, 0.25) is 0 Å². The third kappa shape index (κ3) is 6.95. The van der Waals surface area contributed by atoms with E-state index in [1.807, 2.05) is 19.2 Å². The standard InChI is InChI=1S/C10H13NO2.C9H11NO2/c1-3-13-10(12)8-4-6-9(11-2)7-5-8;1-2-12-9(11)7-3-5-8(10)6-4-7/h4-7,11H,3H2,1-2H3;3-6H,2,10H2,1H3. The molecule has 2 aromatic carbocycles. The van der Waals surface area contributed by atoms with Crippen LogP contribution < -0.4 is 11.1 Å². The fraction of sp³-hybridized carbons (Fsp3) is 0.263. The molecule has 0 aromatic heterocycles. The Kier molecular flexibility index (Phi) is 8.57. The molecule has 6 nitrogen and oxygen atoms in total. The van der Waals surface area contributed by atoms with Crippen LogP contribution in [0.3, 0.4) is 0 Å². The molecular formula is C19H24N2O4. The van der Waals surface area contributed by atoms with E-state index in [1.54, 1.807) is 50.2 Å². The molecule has 0 saturated carbocycles. The second-order valence-electron chi connectivity index (χ2n) is 4.89. The number of esters is 2. The lowest BCUT2D eigenvalue weighted by Gasteiger charge is -2.02. The van der Waals surface area contributed by atoms with Gasteiger partial charge in [0.2, 0.25) is 0 Å². The molecule has 2 aromatic rings. The first-order chi connectivity index (χ1) is 12.0. The number of carbonyl (C=O) groups is 2. The summed E-state index contributed by atoms with van der Waals surface area (Å²) in [6.45, 7) is 4.37. The van der Waals surface area contributed by atoms with Gasteiger partial charge < -0.3 is 20.5 Å². The van der Waals surface area contributed by atoms with Gasteiger partial charge in [-0.2, -0.15) is 0 Å². The summed E-state index contributed by atoms with van der Waals surface area (Å²) in [5, 5.41) is 2.97. The van der Waals surface area contributed by atoms with Gasteiger partial charge >= 0.3 is 11.9 Å². The SMILES string of the molecule is CCOC(=O)c1ccc(N)cc1.CCOC(=O)c1ccc(NC)cc1. The smallest absolute Gasteiger partial charge is 0.338 e. The fourth-order valence-corrected chi connectivity index (χ4v) is 1.82. The van der Waals surface area contributed by atoms with Crippen molar-refractivity contribution < 1.29 is 19.1 Å². The van der Waals surface area contributed by atoms with Crippen molar-refractivity contribution in [2.24, 2.45) is 0 Å². The number of nitrogens with two attached hydrogens (primary N) is 1. The Morgan fingerprint density at radius 3 is 1.60 bits per heavy atom. The van der Waals surface area contributed by atoms with E-state index in [0.29, 0.717) is 30.0 Å². The van der Waals surface area contributed by atoms with E-state index in [-0.39, 0.29) is 11.9 Å². The maximum Gasteiger partial charge on any atom is 0.338 e. The molecule has 0 unspecified atom stereocenters. The maximum absolute atomic E-state index is 11.2. The normalized spacial score (nSPS) is 9.40. The van der Waals surface area contributed by atoms with Crippen LogP contribution >= 0.6 is 0 Å². The van der Waals surface area contributed by atoms with Crippen LogP contribution in [0.4, 0.5) is 11.4 Å². The number of benzene rings is 2. The molecule has 0 radical (unpaired) electrons. The average molecular weight is 344 g/mol. The molecule has 0 heterocycles. The Labute approximate surface area is 147 Å². The molecule has 0 aliphatic rings. The lowest BCUT2D eigenvalue weighted by molar-refractivity contribution is 0.0517. The van der Waals surface area contributed by atoms with Crippen molar-refractivity contribution >= 4 is 23.3 Å². The first-order valence-electron chi connectivity index (χ1n) is 7.99. The summed E-state index contributed by atoms with van der Waals surface area (Å²) in [6, 6.07) is 13.8. The molecule has 0 aliphatic carbocycles. The molecule has 2 rings (SSSR count). The summed E-state index contributed by atoms with van der Waals surface area (Å²) in [6.07, 6.45) is 0. The molecule has 0 amide bonds. The summed E-state index contributed by atoms with van der Waals surface area (Å²) in [4.78, 5) is 22.3. The lowest BCUT2D eigenvalue weighted by Crippen LogP contribution is -2.04. The minimum absolute atomic E-state index is 0.273. The predicted molar refractivity (Wildman–Crippen MR) is 98.8 cm³/mol. The highest BCUT2D eigenvalue weighted by molar-refractivity contribution is 5.90. The fourth-order valence-electron chi connectivity index (χ4n) is 1.82. The minimum Gasteiger partial charge on any atom is -0.462 e. The van der Waals surface area contributed by atoms with Gasteiger partial charge in [-0.05, 0) is 62.4 Å². The third-order valence-corrected chi connectivity index (χ3v) is 3.11. The molecule has 0 saturated heterocycles. The molecule has 6 heteroatoms. The Morgan fingerprint density at radius 1 is 0.840 bits per heavy atom. The number of nitrogen functional groups attached to an aromatic ring is 1. The van der Waals surface area contributed by atoms with Crippen molar-refractivity contribution in [3.8, 4) is 0 Å². The van der Waals surface area contributed by atoms with Gasteiger partial charge in [0.15, 0.2) is 0 Å². The first-order valence-corrected chi connectivity index (χ1v) is 7.99. The summed E-state index contributed by atoms with van der Waals surface area (Å²) >= 11 is 0. The number of anilines is 2. The van der Waals surface area contributed by atoms with Crippen molar-refractivity contribution in [1.29, 1.82) is 0 Å². The van der Waals surface area contributed by atoms with Crippen molar-refractivity contribution in [3.05, 3.63) is 59.7 Å². The van der Waals surface area contributed by atoms with Crippen LogP contribution in [0.15, 0.2) is 48.5 Å². The van der Waals surface area contributed by atoms with Gasteiger partial charge in [0.05, 0.1) is 24.3 Å². The number of hydrogen-bond donors (Lipinski definition) is 2. The maximum atomic E-state index is 11.2. The Hall–Kier alpha value is -3.02. The van der Waals surface area contributed by atoms with Gasteiger partial charge in [-0.25, -0.2) is 9.59 Å². The number of nitrogens with one attached hydrogen (secondary N) is 1.